The number of aryl methyl sites for hydroxylation is 1. The summed E-state index contributed by atoms with van der Waals surface area (Å²) in [4.78, 5) is -0.816. The summed E-state index contributed by atoms with van der Waals surface area (Å²) in [5.74, 6) is 0.773. The monoisotopic (exact) mass is 458 g/mol. The van der Waals surface area contributed by atoms with Crippen LogP contribution in [0.15, 0.2) is 17.0 Å². The Balaban J connectivity index is 1.90. The Kier molecular flexibility index (Phi) is 6.68. The van der Waals surface area contributed by atoms with Crippen molar-refractivity contribution in [2.75, 3.05) is 6.26 Å². The van der Waals surface area contributed by atoms with E-state index < -0.39 is 26.5 Å². The fraction of sp³-hybridized carbons (Fsp3) is 0.579. The molecule has 12 heteroatoms. The molecule has 31 heavy (non-hydrogen) atoms. The van der Waals surface area contributed by atoms with E-state index in [0.29, 0.717) is 36.7 Å². The molecule has 1 aromatic heterocycles. The summed E-state index contributed by atoms with van der Waals surface area (Å²) in [6.45, 7) is 0. The molecular formula is C19H25F3N6O2S. The van der Waals surface area contributed by atoms with Gasteiger partial charge in [-0.15, -0.1) is 10.2 Å². The second-order valence-corrected chi connectivity index (χ2v) is 10.1. The van der Waals surface area contributed by atoms with Crippen molar-refractivity contribution in [1.82, 2.24) is 20.6 Å². The zero-order chi connectivity index (χ0) is 22.8. The van der Waals surface area contributed by atoms with Crippen LogP contribution in [0, 0.1) is 17.2 Å². The molecule has 1 fully saturated rings. The number of H-pyrrole nitrogens is 1. The molecule has 0 radical (unpaired) electrons. The van der Waals surface area contributed by atoms with E-state index in [1.165, 1.54) is 6.07 Å². The van der Waals surface area contributed by atoms with Crippen LogP contribution >= 0.6 is 0 Å². The zero-order valence-electron chi connectivity index (χ0n) is 17.0. The number of hydrogen-bond acceptors (Lipinski definition) is 6. The Labute approximate surface area is 178 Å². The standard InChI is InChI=1S/C19H25F3N6O2S/c1-31(29,30)17-14(19(20,21)22)9-8-13(16(17)18-25-27-28-26-18)7-6-11-2-4-12(5-3-11)10-15(23)24/h8-9,11-12H,2-7,10H2,1H3,(H3,23,24)(H,25,26,27,28). The average molecular weight is 459 g/mol. The van der Waals surface area contributed by atoms with Crippen LogP contribution < -0.4 is 5.73 Å². The summed E-state index contributed by atoms with van der Waals surface area (Å²) in [6, 6.07) is 2.13. The number of hydrogen-bond donors (Lipinski definition) is 3. The Bertz CT molecular complexity index is 1030. The van der Waals surface area contributed by atoms with E-state index in [4.69, 9.17) is 11.1 Å². The number of amidine groups is 1. The van der Waals surface area contributed by atoms with Crippen LogP contribution in [0.5, 0.6) is 0 Å². The number of halogens is 3. The number of nitrogens with zero attached hydrogens (tertiary/aromatic N) is 3. The first-order valence-electron chi connectivity index (χ1n) is 9.96. The van der Waals surface area contributed by atoms with Gasteiger partial charge in [-0.2, -0.15) is 18.4 Å². The first-order valence-corrected chi connectivity index (χ1v) is 11.9. The molecule has 0 bridgehead atoms. The number of aromatic nitrogens is 4. The molecule has 0 amide bonds. The van der Waals surface area contributed by atoms with E-state index in [0.717, 1.165) is 38.0 Å². The number of benzene rings is 1. The summed E-state index contributed by atoms with van der Waals surface area (Å²) in [6.07, 6.45) is 1.37. The van der Waals surface area contributed by atoms with Crippen molar-refractivity contribution < 1.29 is 21.6 Å². The van der Waals surface area contributed by atoms with Crippen molar-refractivity contribution in [3.63, 3.8) is 0 Å². The normalized spacial score (nSPS) is 20.0. The van der Waals surface area contributed by atoms with Gasteiger partial charge in [-0.05, 0) is 54.4 Å². The maximum Gasteiger partial charge on any atom is 0.417 e. The molecule has 1 aliphatic carbocycles. The van der Waals surface area contributed by atoms with Crippen LogP contribution in [0.4, 0.5) is 13.2 Å². The van der Waals surface area contributed by atoms with Gasteiger partial charge < -0.3 is 5.73 Å². The van der Waals surface area contributed by atoms with E-state index in [2.05, 4.69) is 20.6 Å². The van der Waals surface area contributed by atoms with Gasteiger partial charge in [0.1, 0.15) is 0 Å². The predicted octanol–water partition coefficient (Wildman–Crippen LogP) is 3.35. The Morgan fingerprint density at radius 2 is 1.87 bits per heavy atom. The third kappa shape index (κ3) is 5.60. The van der Waals surface area contributed by atoms with E-state index in [9.17, 15) is 21.6 Å². The SMILES string of the molecule is CS(=O)(=O)c1c(C(F)(F)F)ccc(CCC2CCC(CC(=N)N)CC2)c1-c1nn[nH]n1. The first kappa shape index (κ1) is 23.2. The largest absolute Gasteiger partial charge is 0.417 e. The van der Waals surface area contributed by atoms with Gasteiger partial charge in [-0.1, -0.05) is 18.9 Å². The molecule has 2 aromatic rings. The minimum absolute atomic E-state index is 0.142. The first-order chi connectivity index (χ1) is 14.5. The summed E-state index contributed by atoms with van der Waals surface area (Å²) in [5.41, 5.74) is 4.55. The highest BCUT2D eigenvalue weighted by Crippen LogP contribution is 2.41. The van der Waals surface area contributed by atoms with E-state index in [-0.39, 0.29) is 17.2 Å². The Morgan fingerprint density at radius 1 is 1.23 bits per heavy atom. The summed E-state index contributed by atoms with van der Waals surface area (Å²) < 4.78 is 65.5. The van der Waals surface area contributed by atoms with E-state index >= 15 is 0 Å². The Morgan fingerprint density at radius 3 is 2.39 bits per heavy atom. The highest BCUT2D eigenvalue weighted by Gasteiger charge is 2.39. The molecule has 8 nitrogen and oxygen atoms in total. The van der Waals surface area contributed by atoms with Crippen LogP contribution in [-0.2, 0) is 22.4 Å². The topological polar surface area (TPSA) is 138 Å². The zero-order valence-corrected chi connectivity index (χ0v) is 17.9. The van der Waals surface area contributed by atoms with Crippen LogP contribution in [-0.4, -0.2) is 41.1 Å². The lowest BCUT2D eigenvalue weighted by molar-refractivity contribution is -0.139. The third-order valence-corrected chi connectivity index (χ3v) is 6.95. The predicted molar refractivity (Wildman–Crippen MR) is 108 cm³/mol. The fourth-order valence-electron chi connectivity index (χ4n) is 4.35. The molecule has 1 saturated carbocycles. The van der Waals surface area contributed by atoms with Gasteiger partial charge in [0.2, 0.25) is 5.82 Å². The lowest BCUT2D eigenvalue weighted by Crippen LogP contribution is -2.21. The lowest BCUT2D eigenvalue weighted by atomic mass is 9.78. The smallest absolute Gasteiger partial charge is 0.388 e. The molecule has 0 spiro atoms. The van der Waals surface area contributed by atoms with Gasteiger partial charge in [0.15, 0.2) is 9.84 Å². The molecule has 0 aliphatic heterocycles. The second-order valence-electron chi connectivity index (χ2n) is 8.14. The molecule has 1 aromatic carbocycles. The second kappa shape index (κ2) is 8.93. The number of sulfone groups is 1. The van der Waals surface area contributed by atoms with Gasteiger partial charge in [0.25, 0.3) is 0 Å². The number of aromatic amines is 1. The molecule has 0 saturated heterocycles. The average Bonchev–Trinajstić information content (AvgIpc) is 3.19. The van der Waals surface area contributed by atoms with Gasteiger partial charge in [0, 0.05) is 18.2 Å². The number of nitrogens with one attached hydrogen (secondary N) is 2. The molecule has 170 valence electrons. The third-order valence-electron chi connectivity index (χ3n) is 5.79. The number of tetrazole rings is 1. The van der Waals surface area contributed by atoms with Gasteiger partial charge in [-0.25, -0.2) is 8.42 Å². The van der Waals surface area contributed by atoms with Crippen molar-refractivity contribution >= 4 is 15.7 Å². The van der Waals surface area contributed by atoms with Crippen LogP contribution in [0.3, 0.4) is 0 Å². The molecule has 0 atom stereocenters. The minimum Gasteiger partial charge on any atom is -0.388 e. The van der Waals surface area contributed by atoms with Crippen molar-refractivity contribution in [2.24, 2.45) is 17.6 Å². The van der Waals surface area contributed by atoms with Gasteiger partial charge in [0.05, 0.1) is 16.3 Å². The molecule has 3 rings (SSSR count). The molecule has 0 unspecified atom stereocenters. The lowest BCUT2D eigenvalue weighted by Gasteiger charge is -2.28. The highest BCUT2D eigenvalue weighted by molar-refractivity contribution is 7.91. The van der Waals surface area contributed by atoms with Crippen molar-refractivity contribution in [3.8, 4) is 11.4 Å². The van der Waals surface area contributed by atoms with Crippen LogP contribution in [0.25, 0.3) is 11.4 Å². The molecular weight excluding hydrogens is 433 g/mol. The van der Waals surface area contributed by atoms with E-state index in [1.807, 2.05) is 0 Å². The van der Waals surface area contributed by atoms with E-state index in [1.54, 1.807) is 0 Å². The summed E-state index contributed by atoms with van der Waals surface area (Å²) in [5, 5.41) is 20.5. The maximum absolute atomic E-state index is 13.6. The quantitative estimate of drug-likeness (QED) is 0.430. The number of nitrogens with two attached hydrogens (primary N) is 1. The van der Waals surface area contributed by atoms with Gasteiger partial charge >= 0.3 is 6.18 Å². The maximum atomic E-state index is 13.6. The van der Waals surface area contributed by atoms with Crippen molar-refractivity contribution in [1.29, 1.82) is 5.41 Å². The minimum atomic E-state index is -4.84. The van der Waals surface area contributed by atoms with Crippen molar-refractivity contribution in [2.45, 2.75) is 56.0 Å². The highest BCUT2D eigenvalue weighted by atomic mass is 32.2. The molecule has 4 N–H and O–H groups in total. The van der Waals surface area contributed by atoms with Crippen LogP contribution in [0.1, 0.15) is 49.7 Å². The van der Waals surface area contributed by atoms with Crippen LogP contribution in [0.2, 0.25) is 0 Å². The Hall–Kier alpha value is -2.50. The fourth-order valence-corrected chi connectivity index (χ4v) is 5.52. The molecule has 1 heterocycles. The number of rotatable bonds is 7. The summed E-state index contributed by atoms with van der Waals surface area (Å²) >= 11 is 0. The summed E-state index contributed by atoms with van der Waals surface area (Å²) in [7, 11) is -4.23. The molecule has 1 aliphatic rings. The number of alkyl halides is 3. The van der Waals surface area contributed by atoms with Gasteiger partial charge in [-0.3, -0.25) is 5.41 Å². The van der Waals surface area contributed by atoms with Crippen molar-refractivity contribution in [3.05, 3.63) is 23.3 Å².